The minimum atomic E-state index is -0.0836. The molecule has 0 unspecified atom stereocenters. The van der Waals surface area contributed by atoms with Crippen LogP contribution in [0.2, 0.25) is 0 Å². The lowest BCUT2D eigenvalue weighted by atomic mass is 10.1. The minimum Gasteiger partial charge on any atom is -0.496 e. The van der Waals surface area contributed by atoms with E-state index in [1.165, 1.54) is 0 Å². The Morgan fingerprint density at radius 2 is 2.04 bits per heavy atom. The van der Waals surface area contributed by atoms with Crippen molar-refractivity contribution in [1.29, 1.82) is 0 Å². The highest BCUT2D eigenvalue weighted by atomic mass is 16.5. The Hall–Kier alpha value is -3.08. The Labute approximate surface area is 138 Å². The van der Waals surface area contributed by atoms with Crippen molar-refractivity contribution in [2.75, 3.05) is 7.11 Å². The van der Waals surface area contributed by atoms with Crippen LogP contribution in [-0.4, -0.2) is 21.6 Å². The van der Waals surface area contributed by atoms with Gasteiger partial charge in [0.05, 0.1) is 20.0 Å². The maximum absolute atomic E-state index is 12.8. The molecule has 0 spiro atoms. The van der Waals surface area contributed by atoms with Gasteiger partial charge in [-0.05, 0) is 25.1 Å². The maximum Gasteiger partial charge on any atom is 0.277 e. The van der Waals surface area contributed by atoms with E-state index in [1.54, 1.807) is 18.0 Å². The molecule has 4 aromatic rings. The first-order valence-corrected chi connectivity index (χ1v) is 7.77. The number of aryl methyl sites for hydroxylation is 1. The van der Waals surface area contributed by atoms with Crippen molar-refractivity contribution in [3.05, 3.63) is 70.3 Å². The molecule has 0 fully saturated rings. The second-order valence-electron chi connectivity index (χ2n) is 5.89. The number of benzene rings is 2. The molecule has 0 saturated heterocycles. The Morgan fingerprint density at radius 1 is 1.21 bits per heavy atom. The first kappa shape index (κ1) is 14.5. The lowest BCUT2D eigenvalue weighted by Crippen LogP contribution is -2.21. The molecule has 0 bridgehead atoms. The summed E-state index contributed by atoms with van der Waals surface area (Å²) >= 11 is 0. The Morgan fingerprint density at radius 3 is 2.88 bits per heavy atom. The molecule has 2 aromatic carbocycles. The Balaban J connectivity index is 1.87. The number of nitrogens with zero attached hydrogens (tertiary/aromatic N) is 2. The SMILES string of the molecule is COc1ccccc1Cn1cnc2c([nH]c3ccc(C)cc32)c1=O. The van der Waals surface area contributed by atoms with Crippen LogP contribution in [0.15, 0.2) is 53.6 Å². The summed E-state index contributed by atoms with van der Waals surface area (Å²) in [6, 6.07) is 13.7. The average Bonchev–Trinajstić information content (AvgIpc) is 2.96. The standard InChI is InChI=1S/C19H17N3O2/c1-12-7-8-15-14(9-12)17-18(21-15)19(23)22(11-20-17)10-13-5-3-4-6-16(13)24-2/h3-9,11,21H,10H2,1-2H3. The van der Waals surface area contributed by atoms with Gasteiger partial charge >= 0.3 is 0 Å². The van der Waals surface area contributed by atoms with Gasteiger partial charge < -0.3 is 9.72 Å². The monoisotopic (exact) mass is 319 g/mol. The van der Waals surface area contributed by atoms with E-state index < -0.39 is 0 Å². The van der Waals surface area contributed by atoms with Gasteiger partial charge in [0.1, 0.15) is 16.8 Å². The predicted molar refractivity (Wildman–Crippen MR) is 94.7 cm³/mol. The number of para-hydroxylation sites is 1. The molecule has 4 rings (SSSR count). The molecule has 0 aliphatic rings. The van der Waals surface area contributed by atoms with Crippen LogP contribution in [0, 0.1) is 6.92 Å². The zero-order valence-corrected chi connectivity index (χ0v) is 13.5. The van der Waals surface area contributed by atoms with Gasteiger partial charge in [0.15, 0.2) is 0 Å². The summed E-state index contributed by atoms with van der Waals surface area (Å²) in [4.78, 5) is 20.6. The Bertz CT molecular complexity index is 1110. The number of methoxy groups -OCH3 is 1. The number of aromatic amines is 1. The summed E-state index contributed by atoms with van der Waals surface area (Å²) in [7, 11) is 1.63. The molecule has 120 valence electrons. The molecule has 0 radical (unpaired) electrons. The normalized spacial score (nSPS) is 11.2. The first-order chi connectivity index (χ1) is 11.7. The third-order valence-electron chi connectivity index (χ3n) is 4.26. The van der Waals surface area contributed by atoms with Gasteiger partial charge in [-0.15, -0.1) is 0 Å². The van der Waals surface area contributed by atoms with E-state index in [0.717, 1.165) is 33.3 Å². The molecule has 0 amide bonds. The van der Waals surface area contributed by atoms with Crippen molar-refractivity contribution in [2.45, 2.75) is 13.5 Å². The first-order valence-electron chi connectivity index (χ1n) is 7.77. The summed E-state index contributed by atoms with van der Waals surface area (Å²) in [5, 5.41) is 0.978. The van der Waals surface area contributed by atoms with E-state index >= 15 is 0 Å². The van der Waals surface area contributed by atoms with Crippen molar-refractivity contribution in [3.8, 4) is 5.75 Å². The van der Waals surface area contributed by atoms with E-state index in [-0.39, 0.29) is 5.56 Å². The molecular weight excluding hydrogens is 302 g/mol. The van der Waals surface area contributed by atoms with Gasteiger partial charge in [-0.3, -0.25) is 9.36 Å². The number of fused-ring (bicyclic) bond motifs is 3. The van der Waals surface area contributed by atoms with Gasteiger partial charge in [0.2, 0.25) is 0 Å². The average molecular weight is 319 g/mol. The topological polar surface area (TPSA) is 59.9 Å². The van der Waals surface area contributed by atoms with Crippen LogP contribution in [0.5, 0.6) is 5.75 Å². The molecule has 24 heavy (non-hydrogen) atoms. The number of hydrogen-bond acceptors (Lipinski definition) is 3. The molecule has 5 heteroatoms. The third-order valence-corrected chi connectivity index (χ3v) is 4.26. The second-order valence-corrected chi connectivity index (χ2v) is 5.89. The number of rotatable bonds is 3. The quantitative estimate of drug-likeness (QED) is 0.630. The van der Waals surface area contributed by atoms with Gasteiger partial charge in [-0.1, -0.05) is 29.8 Å². The predicted octanol–water partition coefficient (Wildman–Crippen LogP) is 3.24. The molecule has 0 aliphatic carbocycles. The summed E-state index contributed by atoms with van der Waals surface area (Å²) in [5.41, 5.74) is 4.18. The lowest BCUT2D eigenvalue weighted by molar-refractivity contribution is 0.408. The van der Waals surface area contributed by atoms with E-state index in [0.29, 0.717) is 12.1 Å². The molecule has 5 nitrogen and oxygen atoms in total. The van der Waals surface area contributed by atoms with Crippen LogP contribution in [0.3, 0.4) is 0 Å². The van der Waals surface area contributed by atoms with Crippen LogP contribution in [-0.2, 0) is 6.54 Å². The fraction of sp³-hybridized carbons (Fsp3) is 0.158. The van der Waals surface area contributed by atoms with Gasteiger partial charge in [0.25, 0.3) is 5.56 Å². The summed E-state index contributed by atoms with van der Waals surface area (Å²) < 4.78 is 6.96. The van der Waals surface area contributed by atoms with Crippen molar-refractivity contribution in [3.63, 3.8) is 0 Å². The summed E-state index contributed by atoms with van der Waals surface area (Å²) in [6.07, 6.45) is 1.60. The number of hydrogen-bond donors (Lipinski definition) is 1. The highest BCUT2D eigenvalue weighted by Crippen LogP contribution is 2.23. The molecular formula is C19H17N3O2. The van der Waals surface area contributed by atoms with Crippen LogP contribution in [0.4, 0.5) is 0 Å². The summed E-state index contributed by atoms with van der Waals surface area (Å²) in [5.74, 6) is 0.761. The number of nitrogens with one attached hydrogen (secondary N) is 1. The largest absolute Gasteiger partial charge is 0.496 e. The smallest absolute Gasteiger partial charge is 0.277 e. The fourth-order valence-corrected chi connectivity index (χ4v) is 3.03. The van der Waals surface area contributed by atoms with Gasteiger partial charge in [-0.25, -0.2) is 4.98 Å². The van der Waals surface area contributed by atoms with Crippen LogP contribution >= 0.6 is 0 Å². The van der Waals surface area contributed by atoms with Crippen molar-refractivity contribution in [2.24, 2.45) is 0 Å². The molecule has 2 heterocycles. The zero-order chi connectivity index (χ0) is 16.7. The van der Waals surface area contributed by atoms with E-state index in [9.17, 15) is 4.79 Å². The lowest BCUT2D eigenvalue weighted by Gasteiger charge is -2.09. The van der Waals surface area contributed by atoms with Crippen LogP contribution < -0.4 is 10.3 Å². The maximum atomic E-state index is 12.8. The molecule has 2 aromatic heterocycles. The highest BCUT2D eigenvalue weighted by Gasteiger charge is 2.12. The van der Waals surface area contributed by atoms with E-state index in [4.69, 9.17) is 4.74 Å². The van der Waals surface area contributed by atoms with Crippen molar-refractivity contribution in [1.82, 2.24) is 14.5 Å². The van der Waals surface area contributed by atoms with E-state index in [2.05, 4.69) is 9.97 Å². The second kappa shape index (κ2) is 5.53. The van der Waals surface area contributed by atoms with Crippen LogP contribution in [0.25, 0.3) is 21.9 Å². The van der Waals surface area contributed by atoms with Gasteiger partial charge in [-0.2, -0.15) is 0 Å². The summed E-state index contributed by atoms with van der Waals surface area (Å²) in [6.45, 7) is 2.45. The fourth-order valence-electron chi connectivity index (χ4n) is 3.03. The minimum absolute atomic E-state index is 0.0836. The number of H-pyrrole nitrogens is 1. The molecule has 0 aliphatic heterocycles. The van der Waals surface area contributed by atoms with E-state index in [1.807, 2.05) is 49.4 Å². The number of aromatic nitrogens is 3. The molecule has 0 saturated carbocycles. The third kappa shape index (κ3) is 2.25. The van der Waals surface area contributed by atoms with Crippen molar-refractivity contribution >= 4 is 21.9 Å². The molecule has 1 N–H and O–H groups in total. The van der Waals surface area contributed by atoms with Crippen LogP contribution in [0.1, 0.15) is 11.1 Å². The molecule has 0 atom stereocenters. The van der Waals surface area contributed by atoms with Crippen molar-refractivity contribution < 1.29 is 4.74 Å². The Kier molecular flexibility index (Phi) is 3.34. The zero-order valence-electron chi connectivity index (χ0n) is 13.5. The number of ether oxygens (including phenoxy) is 1. The van der Waals surface area contributed by atoms with Gasteiger partial charge in [0, 0.05) is 16.5 Å². The highest BCUT2D eigenvalue weighted by molar-refractivity contribution is 6.04.